The highest BCUT2D eigenvalue weighted by Crippen LogP contribution is 2.30. The van der Waals surface area contributed by atoms with E-state index in [2.05, 4.69) is 15.1 Å². The first kappa shape index (κ1) is 19.5. The van der Waals surface area contributed by atoms with Crippen molar-refractivity contribution >= 4 is 28.9 Å². The Bertz CT molecular complexity index is 860. The van der Waals surface area contributed by atoms with Crippen LogP contribution in [0.5, 0.6) is 5.75 Å². The van der Waals surface area contributed by atoms with Gasteiger partial charge in [-0.2, -0.15) is 0 Å². The van der Waals surface area contributed by atoms with Gasteiger partial charge in [-0.25, -0.2) is 4.79 Å². The number of anilines is 3. The summed E-state index contributed by atoms with van der Waals surface area (Å²) >= 11 is 0. The number of carbonyl (C=O) groups is 2. The summed E-state index contributed by atoms with van der Waals surface area (Å²) in [5.74, 6) is -0.317. The molecule has 1 aliphatic rings. The zero-order valence-electron chi connectivity index (χ0n) is 16.1. The lowest BCUT2D eigenvalue weighted by Crippen LogP contribution is -2.47. The number of hydrogen-bond donors (Lipinski definition) is 2. The molecule has 0 saturated carbocycles. The number of amides is 1. The Hall–Kier alpha value is -3.22. The Morgan fingerprint density at radius 2 is 1.68 bits per heavy atom. The summed E-state index contributed by atoms with van der Waals surface area (Å²) in [7, 11) is 1.66. The molecule has 0 radical (unpaired) electrons. The number of benzene rings is 2. The van der Waals surface area contributed by atoms with Crippen molar-refractivity contribution < 1.29 is 19.4 Å². The van der Waals surface area contributed by atoms with Gasteiger partial charge < -0.3 is 25.0 Å². The van der Waals surface area contributed by atoms with Gasteiger partial charge in [-0.05, 0) is 30.3 Å². The van der Waals surface area contributed by atoms with Crippen LogP contribution in [0.3, 0.4) is 0 Å². The summed E-state index contributed by atoms with van der Waals surface area (Å²) in [5.41, 5.74) is 2.41. The maximum atomic E-state index is 11.8. The fraction of sp³-hybridized carbons (Fsp3) is 0.333. The summed E-state index contributed by atoms with van der Waals surface area (Å²) in [6.07, 6.45) is 0.342. The molecular formula is C21H25N3O4. The highest BCUT2D eigenvalue weighted by atomic mass is 16.5. The molecule has 3 rings (SSSR count). The first-order chi connectivity index (χ1) is 13.5. The lowest BCUT2D eigenvalue weighted by atomic mass is 10.1. The Kier molecular flexibility index (Phi) is 6.03. The normalized spacial score (nSPS) is 13.9. The second-order valence-corrected chi connectivity index (χ2v) is 6.58. The topological polar surface area (TPSA) is 82.1 Å². The quantitative estimate of drug-likeness (QED) is 0.798. The minimum absolute atomic E-state index is 0.144. The second-order valence-electron chi connectivity index (χ2n) is 6.58. The molecule has 2 aromatic carbocycles. The maximum Gasteiger partial charge on any atom is 0.337 e. The fourth-order valence-corrected chi connectivity index (χ4v) is 3.39. The number of ether oxygens (including phenoxy) is 1. The third-order valence-corrected chi connectivity index (χ3v) is 4.88. The van der Waals surface area contributed by atoms with Crippen LogP contribution in [-0.4, -0.2) is 50.3 Å². The highest BCUT2D eigenvalue weighted by molar-refractivity contribution is 5.98. The number of para-hydroxylation sites is 2. The molecule has 1 fully saturated rings. The molecule has 1 aliphatic heterocycles. The third-order valence-electron chi connectivity index (χ3n) is 4.88. The van der Waals surface area contributed by atoms with Crippen molar-refractivity contribution in [3.05, 3.63) is 48.0 Å². The van der Waals surface area contributed by atoms with Crippen LogP contribution >= 0.6 is 0 Å². The smallest absolute Gasteiger partial charge is 0.337 e. The van der Waals surface area contributed by atoms with Crippen molar-refractivity contribution in [2.45, 2.75) is 13.3 Å². The number of nitrogens with one attached hydrogen (secondary N) is 1. The second kappa shape index (κ2) is 8.65. The fourth-order valence-electron chi connectivity index (χ4n) is 3.39. The van der Waals surface area contributed by atoms with Crippen molar-refractivity contribution in [3.8, 4) is 5.75 Å². The van der Waals surface area contributed by atoms with E-state index in [1.54, 1.807) is 26.2 Å². The number of carbonyl (C=O) groups excluding carboxylic acids is 1. The van der Waals surface area contributed by atoms with Gasteiger partial charge in [0.05, 0.1) is 24.0 Å². The molecule has 7 heteroatoms. The van der Waals surface area contributed by atoms with Gasteiger partial charge in [-0.15, -0.1) is 0 Å². The van der Waals surface area contributed by atoms with Gasteiger partial charge in [0.2, 0.25) is 5.91 Å². The standard InChI is InChI=1S/C21H25N3O4/c1-3-20(25)22-15-8-9-17(16(14-15)21(26)27)23-10-12-24(13-11-23)18-6-4-5-7-19(18)28-2/h4-9,14H,3,10-13H2,1-2H3,(H,22,25)(H,26,27). The van der Waals surface area contributed by atoms with Gasteiger partial charge in [0.1, 0.15) is 5.75 Å². The number of rotatable bonds is 6. The Balaban J connectivity index is 1.76. The van der Waals surface area contributed by atoms with Crippen LogP contribution < -0.4 is 19.9 Å². The van der Waals surface area contributed by atoms with Gasteiger partial charge in [-0.3, -0.25) is 4.79 Å². The zero-order chi connectivity index (χ0) is 20.1. The Morgan fingerprint density at radius 3 is 2.29 bits per heavy atom. The molecule has 0 spiro atoms. The predicted molar refractivity (Wildman–Crippen MR) is 110 cm³/mol. The number of carboxylic acids is 1. The molecule has 28 heavy (non-hydrogen) atoms. The minimum Gasteiger partial charge on any atom is -0.495 e. The molecular weight excluding hydrogens is 358 g/mol. The van der Waals surface area contributed by atoms with E-state index in [1.165, 1.54) is 6.07 Å². The van der Waals surface area contributed by atoms with Crippen molar-refractivity contribution in [1.29, 1.82) is 0 Å². The first-order valence-corrected chi connectivity index (χ1v) is 9.33. The third kappa shape index (κ3) is 4.19. The lowest BCUT2D eigenvalue weighted by molar-refractivity contribution is -0.115. The maximum absolute atomic E-state index is 11.8. The molecule has 148 valence electrons. The summed E-state index contributed by atoms with van der Waals surface area (Å²) in [6, 6.07) is 12.9. The summed E-state index contributed by atoms with van der Waals surface area (Å²) in [6.45, 7) is 4.66. The van der Waals surface area contributed by atoms with Gasteiger partial charge in [-0.1, -0.05) is 19.1 Å². The van der Waals surface area contributed by atoms with Crippen LogP contribution in [0.4, 0.5) is 17.1 Å². The number of hydrogen-bond acceptors (Lipinski definition) is 5. The monoisotopic (exact) mass is 383 g/mol. The summed E-state index contributed by atoms with van der Waals surface area (Å²) in [4.78, 5) is 27.7. The Morgan fingerprint density at radius 1 is 1.04 bits per heavy atom. The van der Waals surface area contributed by atoms with E-state index in [1.807, 2.05) is 24.3 Å². The van der Waals surface area contributed by atoms with Crippen molar-refractivity contribution in [2.75, 3.05) is 48.4 Å². The van der Waals surface area contributed by atoms with Crippen molar-refractivity contribution in [2.24, 2.45) is 0 Å². The van der Waals surface area contributed by atoms with E-state index in [-0.39, 0.29) is 11.5 Å². The van der Waals surface area contributed by atoms with Crippen LogP contribution in [0, 0.1) is 0 Å². The van der Waals surface area contributed by atoms with Gasteiger partial charge in [0.25, 0.3) is 0 Å². The molecule has 0 aliphatic carbocycles. The van der Waals surface area contributed by atoms with E-state index in [4.69, 9.17) is 4.74 Å². The highest BCUT2D eigenvalue weighted by Gasteiger charge is 2.23. The predicted octanol–water partition coefficient (Wildman–Crippen LogP) is 3.07. The van der Waals surface area contributed by atoms with Crippen LogP contribution in [0.2, 0.25) is 0 Å². The van der Waals surface area contributed by atoms with Gasteiger partial charge in [0, 0.05) is 38.3 Å². The molecule has 0 unspecified atom stereocenters. The largest absolute Gasteiger partial charge is 0.495 e. The molecule has 0 bridgehead atoms. The number of nitrogens with zero attached hydrogens (tertiary/aromatic N) is 2. The van der Waals surface area contributed by atoms with Gasteiger partial charge >= 0.3 is 5.97 Å². The summed E-state index contributed by atoms with van der Waals surface area (Å²) < 4.78 is 5.45. The number of methoxy groups -OCH3 is 1. The van der Waals surface area contributed by atoms with Crippen molar-refractivity contribution in [1.82, 2.24) is 0 Å². The van der Waals surface area contributed by atoms with E-state index >= 15 is 0 Å². The molecule has 1 saturated heterocycles. The molecule has 1 amide bonds. The Labute approximate surface area is 164 Å². The molecule has 1 heterocycles. The number of aromatic carboxylic acids is 1. The molecule has 2 aromatic rings. The summed E-state index contributed by atoms with van der Waals surface area (Å²) in [5, 5.41) is 12.4. The average molecular weight is 383 g/mol. The van der Waals surface area contributed by atoms with Gasteiger partial charge in [0.15, 0.2) is 0 Å². The minimum atomic E-state index is -1.00. The van der Waals surface area contributed by atoms with Crippen LogP contribution in [-0.2, 0) is 4.79 Å². The van der Waals surface area contributed by atoms with Crippen molar-refractivity contribution in [3.63, 3.8) is 0 Å². The van der Waals surface area contributed by atoms with E-state index in [9.17, 15) is 14.7 Å². The molecule has 0 aromatic heterocycles. The van der Waals surface area contributed by atoms with Crippen LogP contribution in [0.1, 0.15) is 23.7 Å². The SMILES string of the molecule is CCC(=O)Nc1ccc(N2CCN(c3ccccc3OC)CC2)c(C(=O)O)c1. The lowest BCUT2D eigenvalue weighted by Gasteiger charge is -2.38. The number of piperazine rings is 1. The van der Waals surface area contributed by atoms with Crippen LogP contribution in [0.15, 0.2) is 42.5 Å². The molecule has 7 nitrogen and oxygen atoms in total. The molecule has 2 N–H and O–H groups in total. The van der Waals surface area contributed by atoms with E-state index in [0.717, 1.165) is 24.5 Å². The first-order valence-electron chi connectivity index (χ1n) is 9.33. The average Bonchev–Trinajstić information content (AvgIpc) is 2.73. The van der Waals surface area contributed by atoms with Crippen LogP contribution in [0.25, 0.3) is 0 Å². The van der Waals surface area contributed by atoms with E-state index in [0.29, 0.717) is 30.9 Å². The molecule has 0 atom stereocenters. The zero-order valence-corrected chi connectivity index (χ0v) is 16.1. The van der Waals surface area contributed by atoms with E-state index < -0.39 is 5.97 Å². The number of carboxylic acid groups (broad SMARTS) is 1.